The fraction of sp³-hybridized carbons (Fsp3) is 0.625. The van der Waals surface area contributed by atoms with Gasteiger partial charge in [0.25, 0.3) is 0 Å². The minimum Gasteiger partial charge on any atom is -0.481 e. The van der Waals surface area contributed by atoms with E-state index in [1.54, 1.807) is 0 Å². The quantitative estimate of drug-likeness (QED) is 0.476. The molecule has 1 fully saturated rings. The van der Waals surface area contributed by atoms with Gasteiger partial charge in [0.2, 0.25) is 0 Å². The van der Waals surface area contributed by atoms with Crippen molar-refractivity contribution in [2.75, 3.05) is 0 Å². The summed E-state index contributed by atoms with van der Waals surface area (Å²) in [4.78, 5) is 32.3. The maximum atomic E-state index is 10.9. The van der Waals surface area contributed by atoms with Gasteiger partial charge in [-0.1, -0.05) is 0 Å². The van der Waals surface area contributed by atoms with Crippen LogP contribution >= 0.6 is 0 Å². The highest BCUT2D eigenvalue weighted by molar-refractivity contribution is 5.89. The Balaban J connectivity index is 3.00. The molecule has 0 aromatic rings. The molecule has 0 saturated carbocycles. The second kappa shape index (κ2) is 3.50. The first-order valence-electron chi connectivity index (χ1n) is 4.25. The van der Waals surface area contributed by atoms with E-state index < -0.39 is 35.4 Å². The Morgan fingerprint density at radius 2 is 1.73 bits per heavy atom. The summed E-state index contributed by atoms with van der Waals surface area (Å²) in [5, 5.41) is 28.7. The van der Waals surface area contributed by atoms with Gasteiger partial charge < -0.3 is 15.3 Å². The Hall–Kier alpha value is -1.63. The lowest BCUT2D eigenvalue weighted by Crippen LogP contribution is -2.53. The van der Waals surface area contributed by atoms with Gasteiger partial charge in [-0.2, -0.15) is 0 Å². The van der Waals surface area contributed by atoms with Gasteiger partial charge in [-0.25, -0.2) is 0 Å². The van der Waals surface area contributed by atoms with Crippen LogP contribution in [-0.4, -0.2) is 44.8 Å². The van der Waals surface area contributed by atoms with Crippen molar-refractivity contribution in [1.29, 1.82) is 0 Å². The number of hydrogen-bond acceptors (Lipinski definition) is 4. The SMILES string of the molecule is CC1(C(=O)O)NC(C(=O)O)CC1C(=O)O. The van der Waals surface area contributed by atoms with Crippen molar-refractivity contribution >= 4 is 17.9 Å². The second-order valence-corrected chi connectivity index (χ2v) is 3.67. The Bertz CT molecular complexity index is 327. The van der Waals surface area contributed by atoms with E-state index in [0.717, 1.165) is 0 Å². The van der Waals surface area contributed by atoms with Crippen molar-refractivity contribution in [2.45, 2.75) is 24.9 Å². The number of rotatable bonds is 3. The Labute approximate surface area is 84.7 Å². The molecule has 0 aliphatic carbocycles. The summed E-state index contributed by atoms with van der Waals surface area (Å²) < 4.78 is 0. The van der Waals surface area contributed by atoms with Crippen molar-refractivity contribution in [3.63, 3.8) is 0 Å². The first-order chi connectivity index (χ1) is 6.79. The molecule has 7 heteroatoms. The highest BCUT2D eigenvalue weighted by Gasteiger charge is 2.54. The summed E-state index contributed by atoms with van der Waals surface area (Å²) >= 11 is 0. The monoisotopic (exact) mass is 217 g/mol. The van der Waals surface area contributed by atoms with Gasteiger partial charge in [-0.3, -0.25) is 19.7 Å². The van der Waals surface area contributed by atoms with Gasteiger partial charge >= 0.3 is 17.9 Å². The molecule has 0 radical (unpaired) electrons. The predicted octanol–water partition coefficient (Wildman–Crippen LogP) is -1.02. The molecule has 0 aromatic heterocycles. The van der Waals surface area contributed by atoms with Crippen LogP contribution in [0.4, 0.5) is 0 Å². The van der Waals surface area contributed by atoms with Crippen LogP contribution in [0.2, 0.25) is 0 Å². The van der Waals surface area contributed by atoms with Crippen LogP contribution in [0.15, 0.2) is 0 Å². The van der Waals surface area contributed by atoms with Crippen LogP contribution in [0.25, 0.3) is 0 Å². The molecule has 1 saturated heterocycles. The van der Waals surface area contributed by atoms with E-state index in [2.05, 4.69) is 5.32 Å². The van der Waals surface area contributed by atoms with Crippen LogP contribution < -0.4 is 5.32 Å². The summed E-state index contributed by atoms with van der Waals surface area (Å²) in [6.07, 6.45) is -0.229. The zero-order valence-corrected chi connectivity index (χ0v) is 7.93. The zero-order chi connectivity index (χ0) is 11.8. The average Bonchev–Trinajstić information content (AvgIpc) is 2.44. The topological polar surface area (TPSA) is 124 Å². The highest BCUT2D eigenvalue weighted by Crippen LogP contribution is 2.30. The molecule has 0 aromatic carbocycles. The van der Waals surface area contributed by atoms with Crippen molar-refractivity contribution in [2.24, 2.45) is 5.92 Å². The van der Waals surface area contributed by atoms with E-state index in [0.29, 0.717) is 0 Å². The lowest BCUT2D eigenvalue weighted by atomic mass is 9.87. The Morgan fingerprint density at radius 3 is 2.00 bits per heavy atom. The van der Waals surface area contributed by atoms with Crippen LogP contribution in [0, 0.1) is 5.92 Å². The van der Waals surface area contributed by atoms with Gasteiger partial charge in [0.05, 0.1) is 5.92 Å². The summed E-state index contributed by atoms with van der Waals surface area (Å²) in [5.41, 5.74) is -1.73. The summed E-state index contributed by atoms with van der Waals surface area (Å²) in [7, 11) is 0. The first kappa shape index (κ1) is 11.4. The molecule has 3 unspecified atom stereocenters. The number of carboxylic acid groups (broad SMARTS) is 3. The summed E-state index contributed by atoms with van der Waals surface area (Å²) in [6, 6.07) is -1.13. The van der Waals surface area contributed by atoms with Crippen LogP contribution in [0.5, 0.6) is 0 Å². The van der Waals surface area contributed by atoms with Gasteiger partial charge in [0.15, 0.2) is 0 Å². The molecule has 1 aliphatic rings. The third kappa shape index (κ3) is 1.78. The van der Waals surface area contributed by atoms with E-state index in [1.165, 1.54) is 6.92 Å². The molecule has 3 atom stereocenters. The number of nitrogens with one attached hydrogen (secondary N) is 1. The second-order valence-electron chi connectivity index (χ2n) is 3.67. The molecule has 1 rings (SSSR count). The molecule has 84 valence electrons. The van der Waals surface area contributed by atoms with Crippen LogP contribution in [-0.2, 0) is 14.4 Å². The van der Waals surface area contributed by atoms with Crippen LogP contribution in [0.3, 0.4) is 0 Å². The maximum absolute atomic E-state index is 10.9. The fourth-order valence-corrected chi connectivity index (χ4v) is 1.71. The predicted molar refractivity (Wildman–Crippen MR) is 46.3 cm³/mol. The lowest BCUT2D eigenvalue weighted by Gasteiger charge is -2.23. The molecular formula is C8H11NO6. The third-order valence-corrected chi connectivity index (χ3v) is 2.68. The molecule has 7 nitrogen and oxygen atoms in total. The fourth-order valence-electron chi connectivity index (χ4n) is 1.71. The molecule has 0 bridgehead atoms. The van der Waals surface area contributed by atoms with E-state index in [9.17, 15) is 14.4 Å². The highest BCUT2D eigenvalue weighted by atomic mass is 16.4. The largest absolute Gasteiger partial charge is 0.481 e. The van der Waals surface area contributed by atoms with E-state index in [-0.39, 0.29) is 6.42 Å². The Morgan fingerprint density at radius 1 is 1.20 bits per heavy atom. The van der Waals surface area contributed by atoms with E-state index in [4.69, 9.17) is 15.3 Å². The van der Waals surface area contributed by atoms with E-state index >= 15 is 0 Å². The van der Waals surface area contributed by atoms with Gasteiger partial charge in [0.1, 0.15) is 11.6 Å². The smallest absolute Gasteiger partial charge is 0.324 e. The number of hydrogen-bond donors (Lipinski definition) is 4. The molecule has 15 heavy (non-hydrogen) atoms. The van der Waals surface area contributed by atoms with Crippen molar-refractivity contribution in [3.05, 3.63) is 0 Å². The van der Waals surface area contributed by atoms with Crippen molar-refractivity contribution in [3.8, 4) is 0 Å². The van der Waals surface area contributed by atoms with Crippen molar-refractivity contribution in [1.82, 2.24) is 5.32 Å². The number of carboxylic acids is 3. The molecular weight excluding hydrogens is 206 g/mol. The molecule has 1 aliphatic heterocycles. The Kier molecular flexibility index (Phi) is 2.67. The normalized spacial score (nSPS) is 35.0. The van der Waals surface area contributed by atoms with Crippen molar-refractivity contribution < 1.29 is 29.7 Å². The van der Waals surface area contributed by atoms with Crippen LogP contribution in [0.1, 0.15) is 13.3 Å². The first-order valence-corrected chi connectivity index (χ1v) is 4.25. The average molecular weight is 217 g/mol. The molecule has 1 heterocycles. The standard InChI is InChI=1S/C8H11NO6/c1-8(7(14)15)3(5(10)11)2-4(9-8)6(12)13/h3-4,9H,2H2,1H3,(H,10,11)(H,12,13)(H,14,15). The lowest BCUT2D eigenvalue weighted by molar-refractivity contribution is -0.154. The summed E-state index contributed by atoms with van der Waals surface area (Å²) in [6.45, 7) is 1.18. The maximum Gasteiger partial charge on any atom is 0.324 e. The minimum atomic E-state index is -1.73. The molecule has 0 amide bonds. The third-order valence-electron chi connectivity index (χ3n) is 2.68. The molecule has 4 N–H and O–H groups in total. The van der Waals surface area contributed by atoms with Gasteiger partial charge in [-0.15, -0.1) is 0 Å². The minimum absolute atomic E-state index is 0.229. The zero-order valence-electron chi connectivity index (χ0n) is 7.93. The van der Waals surface area contributed by atoms with E-state index in [1.807, 2.05) is 0 Å². The van der Waals surface area contributed by atoms with Gasteiger partial charge in [0, 0.05) is 0 Å². The number of aliphatic carboxylic acids is 3. The number of carbonyl (C=O) groups is 3. The summed E-state index contributed by atoms with van der Waals surface area (Å²) in [5.74, 6) is -5.16. The van der Waals surface area contributed by atoms with Gasteiger partial charge in [-0.05, 0) is 13.3 Å². The molecule has 0 spiro atoms.